The van der Waals surface area contributed by atoms with Crippen LogP contribution in [0.15, 0.2) is 41.5 Å². The molecule has 1 N–H and O–H groups in total. The third kappa shape index (κ3) is 4.46. The van der Waals surface area contributed by atoms with Gasteiger partial charge in [0.2, 0.25) is 5.91 Å². The highest BCUT2D eigenvalue weighted by Crippen LogP contribution is 2.26. The standard InChI is InChI=1S/C20H24N6O2S/c1-2-24-8-10-25(11-9-24)20-23-18-17(29-20)19(28)26(14-22-18)13-16(27)21-12-15-6-4-3-5-7-15/h3-7,14H,2,8-13H2,1H3,(H,21,27). The third-order valence-electron chi connectivity index (χ3n) is 5.11. The molecule has 0 radical (unpaired) electrons. The van der Waals surface area contributed by atoms with Crippen LogP contribution in [-0.2, 0) is 17.9 Å². The van der Waals surface area contributed by atoms with E-state index in [1.165, 1.54) is 22.2 Å². The molecule has 3 heterocycles. The van der Waals surface area contributed by atoms with Crippen LogP contribution in [0.25, 0.3) is 10.3 Å². The second kappa shape index (κ2) is 8.71. The first kappa shape index (κ1) is 19.5. The zero-order chi connectivity index (χ0) is 20.2. The van der Waals surface area contributed by atoms with E-state index in [-0.39, 0.29) is 18.0 Å². The van der Waals surface area contributed by atoms with Gasteiger partial charge in [-0.05, 0) is 12.1 Å². The summed E-state index contributed by atoms with van der Waals surface area (Å²) in [6.45, 7) is 7.35. The number of hydrogen-bond donors (Lipinski definition) is 1. The number of carbonyl (C=O) groups excluding carboxylic acids is 1. The number of nitrogens with zero attached hydrogens (tertiary/aromatic N) is 5. The Morgan fingerprint density at radius 2 is 1.93 bits per heavy atom. The Kier molecular flexibility index (Phi) is 5.86. The van der Waals surface area contributed by atoms with Gasteiger partial charge in [0.05, 0.1) is 0 Å². The molecule has 29 heavy (non-hydrogen) atoms. The van der Waals surface area contributed by atoms with Gasteiger partial charge in [0.15, 0.2) is 10.8 Å². The Labute approximate surface area is 172 Å². The summed E-state index contributed by atoms with van der Waals surface area (Å²) in [7, 11) is 0. The van der Waals surface area contributed by atoms with Crippen molar-refractivity contribution in [3.05, 3.63) is 52.6 Å². The van der Waals surface area contributed by atoms with Gasteiger partial charge in [0, 0.05) is 32.7 Å². The molecule has 1 fully saturated rings. The van der Waals surface area contributed by atoms with E-state index in [4.69, 9.17) is 0 Å². The molecule has 0 unspecified atom stereocenters. The fourth-order valence-corrected chi connectivity index (χ4v) is 4.37. The summed E-state index contributed by atoms with van der Waals surface area (Å²) in [4.78, 5) is 38.5. The van der Waals surface area contributed by atoms with E-state index in [0.717, 1.165) is 43.4 Å². The molecule has 8 nitrogen and oxygen atoms in total. The van der Waals surface area contributed by atoms with Gasteiger partial charge in [-0.15, -0.1) is 0 Å². The summed E-state index contributed by atoms with van der Waals surface area (Å²) in [6, 6.07) is 9.66. The number of fused-ring (bicyclic) bond motifs is 1. The van der Waals surface area contributed by atoms with Crippen molar-refractivity contribution < 1.29 is 4.79 Å². The molecule has 4 rings (SSSR count). The lowest BCUT2D eigenvalue weighted by molar-refractivity contribution is -0.121. The van der Waals surface area contributed by atoms with Crippen LogP contribution in [0.5, 0.6) is 0 Å². The zero-order valence-electron chi connectivity index (χ0n) is 16.4. The minimum Gasteiger partial charge on any atom is -0.350 e. The highest BCUT2D eigenvalue weighted by molar-refractivity contribution is 7.22. The molecule has 2 aromatic heterocycles. The number of anilines is 1. The molecule has 1 amide bonds. The van der Waals surface area contributed by atoms with Crippen molar-refractivity contribution in [2.24, 2.45) is 0 Å². The molecule has 0 aliphatic carbocycles. The first-order chi connectivity index (χ1) is 14.1. The minimum atomic E-state index is -0.225. The summed E-state index contributed by atoms with van der Waals surface area (Å²) in [6.07, 6.45) is 1.41. The smallest absolute Gasteiger partial charge is 0.273 e. The number of benzene rings is 1. The molecular formula is C20H24N6O2S. The third-order valence-corrected chi connectivity index (χ3v) is 6.20. The Morgan fingerprint density at radius 1 is 1.17 bits per heavy atom. The number of rotatable bonds is 6. The molecule has 9 heteroatoms. The summed E-state index contributed by atoms with van der Waals surface area (Å²) in [5.74, 6) is -0.225. The Balaban J connectivity index is 1.45. The lowest BCUT2D eigenvalue weighted by Crippen LogP contribution is -2.46. The van der Waals surface area contributed by atoms with E-state index in [0.29, 0.717) is 16.9 Å². The summed E-state index contributed by atoms with van der Waals surface area (Å²) < 4.78 is 1.84. The van der Waals surface area contributed by atoms with Crippen LogP contribution in [0.2, 0.25) is 0 Å². The maximum absolute atomic E-state index is 12.8. The average Bonchev–Trinajstić information content (AvgIpc) is 3.20. The summed E-state index contributed by atoms with van der Waals surface area (Å²) in [5.41, 5.74) is 1.24. The number of hydrogen-bond acceptors (Lipinski definition) is 7. The summed E-state index contributed by atoms with van der Waals surface area (Å²) in [5, 5.41) is 3.66. The lowest BCUT2D eigenvalue weighted by Gasteiger charge is -2.33. The van der Waals surface area contributed by atoms with Crippen molar-refractivity contribution in [3.8, 4) is 0 Å². The van der Waals surface area contributed by atoms with E-state index in [1.54, 1.807) is 0 Å². The normalized spacial score (nSPS) is 15.0. The number of thiazole rings is 1. The Morgan fingerprint density at radius 3 is 2.66 bits per heavy atom. The van der Waals surface area contributed by atoms with E-state index >= 15 is 0 Å². The maximum atomic E-state index is 12.8. The number of likely N-dealkylation sites (N-methyl/N-ethyl adjacent to an activating group) is 1. The van der Waals surface area contributed by atoms with Gasteiger partial charge in [0.1, 0.15) is 17.6 Å². The van der Waals surface area contributed by atoms with E-state index in [1.807, 2.05) is 30.3 Å². The van der Waals surface area contributed by atoms with Crippen molar-refractivity contribution in [1.29, 1.82) is 0 Å². The predicted octanol–water partition coefficient (Wildman–Crippen LogP) is 1.31. The van der Waals surface area contributed by atoms with Gasteiger partial charge in [-0.25, -0.2) is 4.98 Å². The molecule has 152 valence electrons. The van der Waals surface area contributed by atoms with Gasteiger partial charge >= 0.3 is 0 Å². The lowest BCUT2D eigenvalue weighted by atomic mass is 10.2. The van der Waals surface area contributed by atoms with Crippen LogP contribution < -0.4 is 15.8 Å². The largest absolute Gasteiger partial charge is 0.350 e. The monoisotopic (exact) mass is 412 g/mol. The maximum Gasteiger partial charge on any atom is 0.273 e. The minimum absolute atomic E-state index is 0.0585. The number of carbonyl (C=O) groups is 1. The van der Waals surface area contributed by atoms with Crippen LogP contribution in [0.4, 0.5) is 5.13 Å². The highest BCUT2D eigenvalue weighted by Gasteiger charge is 2.20. The predicted molar refractivity (Wildman–Crippen MR) is 114 cm³/mol. The van der Waals surface area contributed by atoms with E-state index in [9.17, 15) is 9.59 Å². The molecule has 0 spiro atoms. The zero-order valence-corrected chi connectivity index (χ0v) is 17.2. The van der Waals surface area contributed by atoms with Crippen molar-refractivity contribution in [1.82, 2.24) is 24.8 Å². The second-order valence-corrected chi connectivity index (χ2v) is 7.99. The number of aromatic nitrogens is 3. The number of amides is 1. The molecule has 0 bridgehead atoms. The van der Waals surface area contributed by atoms with Gasteiger partial charge in [-0.1, -0.05) is 48.6 Å². The Bertz CT molecular complexity index is 1040. The van der Waals surface area contributed by atoms with Crippen molar-refractivity contribution in [2.75, 3.05) is 37.6 Å². The highest BCUT2D eigenvalue weighted by atomic mass is 32.1. The molecule has 1 aromatic carbocycles. The molecule has 1 aliphatic rings. The fraction of sp³-hybridized carbons (Fsp3) is 0.400. The van der Waals surface area contributed by atoms with Crippen LogP contribution in [0, 0.1) is 0 Å². The van der Waals surface area contributed by atoms with Crippen LogP contribution >= 0.6 is 11.3 Å². The van der Waals surface area contributed by atoms with Gasteiger partial charge in [-0.3, -0.25) is 14.2 Å². The molecule has 3 aromatic rings. The van der Waals surface area contributed by atoms with Gasteiger partial charge < -0.3 is 15.1 Å². The fourth-order valence-electron chi connectivity index (χ4n) is 3.35. The summed E-state index contributed by atoms with van der Waals surface area (Å²) >= 11 is 1.36. The Hall–Kier alpha value is -2.78. The molecule has 0 atom stereocenters. The van der Waals surface area contributed by atoms with E-state index < -0.39 is 0 Å². The van der Waals surface area contributed by atoms with Crippen molar-refractivity contribution >= 4 is 32.7 Å². The van der Waals surface area contributed by atoms with Gasteiger partial charge in [-0.2, -0.15) is 4.98 Å². The average molecular weight is 413 g/mol. The SMILES string of the molecule is CCN1CCN(c2nc3ncn(CC(=O)NCc4ccccc4)c(=O)c3s2)CC1. The van der Waals surface area contributed by atoms with Crippen LogP contribution in [0.3, 0.4) is 0 Å². The topological polar surface area (TPSA) is 83.4 Å². The molecule has 1 aliphatic heterocycles. The van der Waals surface area contributed by atoms with Gasteiger partial charge in [0.25, 0.3) is 5.56 Å². The number of piperazine rings is 1. The second-order valence-electron chi connectivity index (χ2n) is 7.01. The van der Waals surface area contributed by atoms with E-state index in [2.05, 4.69) is 32.0 Å². The number of nitrogens with one attached hydrogen (secondary N) is 1. The first-order valence-corrected chi connectivity index (χ1v) is 10.6. The first-order valence-electron chi connectivity index (χ1n) is 9.78. The molecule has 0 saturated carbocycles. The van der Waals surface area contributed by atoms with Crippen LogP contribution in [0.1, 0.15) is 12.5 Å². The molecular weight excluding hydrogens is 388 g/mol. The molecule has 1 saturated heterocycles. The van der Waals surface area contributed by atoms with Crippen molar-refractivity contribution in [2.45, 2.75) is 20.0 Å². The van der Waals surface area contributed by atoms with Crippen LogP contribution in [-0.4, -0.2) is 58.1 Å². The van der Waals surface area contributed by atoms with Crippen molar-refractivity contribution in [3.63, 3.8) is 0 Å². The quantitative estimate of drug-likeness (QED) is 0.657.